The van der Waals surface area contributed by atoms with E-state index in [2.05, 4.69) is 29.5 Å². The Kier molecular flexibility index (Phi) is 5.34. The molecule has 2 heterocycles. The average molecular weight is 281 g/mol. The van der Waals surface area contributed by atoms with E-state index in [4.69, 9.17) is 0 Å². The third-order valence-electron chi connectivity index (χ3n) is 3.65. The number of thiazole rings is 1. The van der Waals surface area contributed by atoms with Crippen molar-refractivity contribution in [2.24, 2.45) is 5.92 Å². The van der Waals surface area contributed by atoms with Crippen LogP contribution in [-0.2, 0) is 11.2 Å². The summed E-state index contributed by atoms with van der Waals surface area (Å²) in [4.78, 5) is 17.5. The van der Waals surface area contributed by atoms with Crippen LogP contribution in [0.3, 0.4) is 0 Å². The van der Waals surface area contributed by atoms with Gasteiger partial charge in [0.05, 0.1) is 5.69 Å². The minimum atomic E-state index is 0.0991. The first-order chi connectivity index (χ1) is 9.19. The van der Waals surface area contributed by atoms with Crippen LogP contribution in [0.25, 0.3) is 0 Å². The average Bonchev–Trinajstić information content (AvgIpc) is 2.77. The Bertz CT molecular complexity index is 424. The van der Waals surface area contributed by atoms with E-state index in [0.29, 0.717) is 12.3 Å². The maximum atomic E-state index is 11.9. The van der Waals surface area contributed by atoms with Gasteiger partial charge in [-0.2, -0.15) is 0 Å². The second-order valence-electron chi connectivity index (χ2n) is 5.17. The normalized spacial score (nSPS) is 19.4. The number of anilines is 1. The van der Waals surface area contributed by atoms with Gasteiger partial charge >= 0.3 is 0 Å². The van der Waals surface area contributed by atoms with Crippen LogP contribution in [0.15, 0.2) is 0 Å². The fourth-order valence-electron chi connectivity index (χ4n) is 2.50. The smallest absolute Gasteiger partial charge is 0.226 e. The highest BCUT2D eigenvalue weighted by molar-refractivity contribution is 7.15. The summed E-state index contributed by atoms with van der Waals surface area (Å²) < 4.78 is 0. The van der Waals surface area contributed by atoms with Crippen molar-refractivity contribution in [3.05, 3.63) is 10.6 Å². The first kappa shape index (κ1) is 14.5. The molecule has 0 saturated carbocycles. The van der Waals surface area contributed by atoms with Gasteiger partial charge in [0.25, 0.3) is 0 Å². The summed E-state index contributed by atoms with van der Waals surface area (Å²) >= 11 is 1.57. The molecule has 1 fully saturated rings. The zero-order valence-electron chi connectivity index (χ0n) is 11.8. The number of amides is 1. The van der Waals surface area contributed by atoms with Gasteiger partial charge in [0.1, 0.15) is 0 Å². The fourth-order valence-corrected chi connectivity index (χ4v) is 3.42. The number of rotatable bonds is 5. The molecule has 0 aliphatic carbocycles. The van der Waals surface area contributed by atoms with Gasteiger partial charge in [-0.1, -0.05) is 6.92 Å². The Morgan fingerprint density at radius 3 is 3.05 bits per heavy atom. The second-order valence-corrected chi connectivity index (χ2v) is 6.38. The predicted molar refractivity (Wildman–Crippen MR) is 79.7 cm³/mol. The molecular weight excluding hydrogens is 258 g/mol. The largest absolute Gasteiger partial charge is 0.316 e. The molecule has 1 saturated heterocycles. The molecule has 106 valence electrons. The highest BCUT2D eigenvalue weighted by Gasteiger charge is 2.15. The van der Waals surface area contributed by atoms with Crippen molar-refractivity contribution in [1.82, 2.24) is 10.3 Å². The second kappa shape index (κ2) is 7.01. The van der Waals surface area contributed by atoms with E-state index >= 15 is 0 Å². The maximum absolute atomic E-state index is 11.9. The van der Waals surface area contributed by atoms with E-state index in [0.717, 1.165) is 36.8 Å². The Balaban J connectivity index is 1.76. The monoisotopic (exact) mass is 281 g/mol. The molecule has 2 rings (SSSR count). The number of hydrogen-bond donors (Lipinski definition) is 2. The molecule has 5 heteroatoms. The molecule has 1 aliphatic rings. The van der Waals surface area contributed by atoms with Gasteiger partial charge in [-0.25, -0.2) is 4.98 Å². The summed E-state index contributed by atoms with van der Waals surface area (Å²) in [5, 5.41) is 7.06. The SMILES string of the molecule is CCc1nc(NC(=O)CCC2CCCNC2)sc1C. The van der Waals surface area contributed by atoms with E-state index in [9.17, 15) is 4.79 Å². The molecule has 0 radical (unpaired) electrons. The number of aryl methyl sites for hydroxylation is 2. The van der Waals surface area contributed by atoms with Crippen molar-refractivity contribution in [3.63, 3.8) is 0 Å². The van der Waals surface area contributed by atoms with Crippen LogP contribution in [0.5, 0.6) is 0 Å². The van der Waals surface area contributed by atoms with Crippen LogP contribution in [0.2, 0.25) is 0 Å². The molecule has 1 aromatic heterocycles. The molecule has 4 nitrogen and oxygen atoms in total. The summed E-state index contributed by atoms with van der Waals surface area (Å²) in [7, 11) is 0. The van der Waals surface area contributed by atoms with Crippen molar-refractivity contribution in [3.8, 4) is 0 Å². The van der Waals surface area contributed by atoms with E-state index in [-0.39, 0.29) is 5.91 Å². The molecule has 0 aromatic carbocycles. The van der Waals surface area contributed by atoms with Crippen molar-refractivity contribution >= 4 is 22.4 Å². The molecule has 1 unspecified atom stereocenters. The lowest BCUT2D eigenvalue weighted by atomic mass is 9.94. The number of hydrogen-bond acceptors (Lipinski definition) is 4. The highest BCUT2D eigenvalue weighted by atomic mass is 32.1. The van der Waals surface area contributed by atoms with Gasteiger partial charge in [0.2, 0.25) is 5.91 Å². The number of carbonyl (C=O) groups excluding carboxylic acids is 1. The molecule has 0 bridgehead atoms. The Hall–Kier alpha value is -0.940. The first-order valence-electron chi connectivity index (χ1n) is 7.16. The van der Waals surface area contributed by atoms with Gasteiger partial charge in [0.15, 0.2) is 5.13 Å². The van der Waals surface area contributed by atoms with Crippen LogP contribution in [0, 0.1) is 12.8 Å². The molecule has 1 amide bonds. The number of carbonyl (C=O) groups is 1. The third-order valence-corrected chi connectivity index (χ3v) is 4.58. The van der Waals surface area contributed by atoms with Crippen LogP contribution in [-0.4, -0.2) is 24.0 Å². The Morgan fingerprint density at radius 1 is 1.58 bits per heavy atom. The Labute approximate surface area is 119 Å². The number of piperidine rings is 1. The minimum Gasteiger partial charge on any atom is -0.316 e. The Morgan fingerprint density at radius 2 is 2.42 bits per heavy atom. The van der Waals surface area contributed by atoms with Crippen LogP contribution in [0.4, 0.5) is 5.13 Å². The molecule has 1 atom stereocenters. The van der Waals surface area contributed by atoms with Gasteiger partial charge in [-0.15, -0.1) is 11.3 Å². The highest BCUT2D eigenvalue weighted by Crippen LogP contribution is 2.23. The van der Waals surface area contributed by atoms with Crippen molar-refractivity contribution in [2.45, 2.75) is 46.0 Å². The fraction of sp³-hybridized carbons (Fsp3) is 0.714. The maximum Gasteiger partial charge on any atom is 0.226 e. The molecule has 1 aliphatic heterocycles. The number of nitrogens with one attached hydrogen (secondary N) is 2. The topological polar surface area (TPSA) is 54.0 Å². The summed E-state index contributed by atoms with van der Waals surface area (Å²) in [6, 6.07) is 0. The molecule has 1 aromatic rings. The third kappa shape index (κ3) is 4.28. The van der Waals surface area contributed by atoms with Crippen molar-refractivity contribution in [1.29, 1.82) is 0 Å². The zero-order chi connectivity index (χ0) is 13.7. The number of aromatic nitrogens is 1. The first-order valence-corrected chi connectivity index (χ1v) is 7.97. The molecule has 19 heavy (non-hydrogen) atoms. The van der Waals surface area contributed by atoms with Crippen LogP contribution >= 0.6 is 11.3 Å². The van der Waals surface area contributed by atoms with E-state index in [1.165, 1.54) is 17.7 Å². The summed E-state index contributed by atoms with van der Waals surface area (Å²) in [5.74, 6) is 0.755. The summed E-state index contributed by atoms with van der Waals surface area (Å²) in [5.41, 5.74) is 1.09. The van der Waals surface area contributed by atoms with Gasteiger partial charge in [0, 0.05) is 11.3 Å². The van der Waals surface area contributed by atoms with Gasteiger partial charge < -0.3 is 10.6 Å². The van der Waals surface area contributed by atoms with E-state index < -0.39 is 0 Å². The lowest BCUT2D eigenvalue weighted by molar-refractivity contribution is -0.116. The van der Waals surface area contributed by atoms with E-state index in [1.807, 2.05) is 0 Å². The van der Waals surface area contributed by atoms with Crippen LogP contribution in [0.1, 0.15) is 43.2 Å². The standard InChI is InChI=1S/C14H23N3OS/c1-3-12-10(2)19-14(16-12)17-13(18)7-6-11-5-4-8-15-9-11/h11,15H,3-9H2,1-2H3,(H,16,17,18). The summed E-state index contributed by atoms with van der Waals surface area (Å²) in [6.07, 6.45) is 4.98. The van der Waals surface area contributed by atoms with E-state index in [1.54, 1.807) is 11.3 Å². The number of nitrogens with zero attached hydrogens (tertiary/aromatic N) is 1. The lowest BCUT2D eigenvalue weighted by Gasteiger charge is -2.22. The zero-order valence-corrected chi connectivity index (χ0v) is 12.6. The minimum absolute atomic E-state index is 0.0991. The molecule has 2 N–H and O–H groups in total. The van der Waals surface area contributed by atoms with Gasteiger partial charge in [-0.05, 0) is 51.6 Å². The predicted octanol–water partition coefficient (Wildman–Crippen LogP) is 2.73. The lowest BCUT2D eigenvalue weighted by Crippen LogP contribution is -2.30. The van der Waals surface area contributed by atoms with Crippen molar-refractivity contribution in [2.75, 3.05) is 18.4 Å². The van der Waals surface area contributed by atoms with Crippen molar-refractivity contribution < 1.29 is 4.79 Å². The molecular formula is C14H23N3OS. The molecule has 0 spiro atoms. The van der Waals surface area contributed by atoms with Gasteiger partial charge in [-0.3, -0.25) is 4.79 Å². The summed E-state index contributed by atoms with van der Waals surface area (Å²) in [6.45, 7) is 6.33. The van der Waals surface area contributed by atoms with Crippen LogP contribution < -0.4 is 10.6 Å². The quantitative estimate of drug-likeness (QED) is 0.872.